The summed E-state index contributed by atoms with van der Waals surface area (Å²) in [6.07, 6.45) is -0.806. The van der Waals surface area contributed by atoms with Gasteiger partial charge in [-0.2, -0.15) is 0 Å². The van der Waals surface area contributed by atoms with Crippen molar-refractivity contribution < 1.29 is 23.8 Å². The molecule has 1 rings (SSSR count). The second-order valence-corrected chi connectivity index (χ2v) is 2.45. The molecule has 0 aliphatic carbocycles. The molecule has 0 radical (unpaired) electrons. The van der Waals surface area contributed by atoms with Gasteiger partial charge in [0, 0.05) is 13.8 Å². The Bertz CT molecular complexity index is 200. The van der Waals surface area contributed by atoms with E-state index >= 15 is 0 Å². The lowest BCUT2D eigenvalue weighted by Gasteiger charge is -1.96. The molecule has 1 fully saturated rings. The SMILES string of the molecule is CC(=O)OCC1OC1OC(C)=O. The van der Waals surface area contributed by atoms with E-state index in [1.54, 1.807) is 0 Å². The number of hydrogen-bond donors (Lipinski definition) is 0. The predicted octanol–water partition coefficient (Wildman–Crippen LogP) is -0.163. The van der Waals surface area contributed by atoms with Gasteiger partial charge in [-0.1, -0.05) is 0 Å². The molecule has 2 atom stereocenters. The van der Waals surface area contributed by atoms with Crippen LogP contribution in [-0.4, -0.2) is 30.9 Å². The van der Waals surface area contributed by atoms with Gasteiger partial charge in [0.2, 0.25) is 6.29 Å². The molecule has 0 spiro atoms. The highest BCUT2D eigenvalue weighted by Gasteiger charge is 2.43. The molecule has 0 bridgehead atoms. The van der Waals surface area contributed by atoms with Crippen molar-refractivity contribution in [3.63, 3.8) is 0 Å². The predicted molar refractivity (Wildman–Crippen MR) is 37.1 cm³/mol. The van der Waals surface area contributed by atoms with Crippen LogP contribution in [0.5, 0.6) is 0 Å². The number of carbonyl (C=O) groups is 2. The van der Waals surface area contributed by atoms with E-state index in [-0.39, 0.29) is 18.7 Å². The second kappa shape index (κ2) is 3.53. The molecular formula is C7H10O5. The molecule has 68 valence electrons. The van der Waals surface area contributed by atoms with Gasteiger partial charge < -0.3 is 14.2 Å². The van der Waals surface area contributed by atoms with Crippen molar-refractivity contribution in [2.45, 2.75) is 26.2 Å². The van der Waals surface area contributed by atoms with Gasteiger partial charge in [-0.15, -0.1) is 0 Å². The van der Waals surface area contributed by atoms with Crippen LogP contribution in [0.2, 0.25) is 0 Å². The molecule has 1 aliphatic heterocycles. The van der Waals surface area contributed by atoms with Crippen molar-refractivity contribution in [2.75, 3.05) is 6.61 Å². The van der Waals surface area contributed by atoms with Gasteiger partial charge in [-0.3, -0.25) is 9.59 Å². The standard InChI is InChI=1S/C7H10O5/c1-4(8)10-3-6-7(12-6)11-5(2)9/h6-7H,3H2,1-2H3. The summed E-state index contributed by atoms with van der Waals surface area (Å²) in [5, 5.41) is 0. The maximum absolute atomic E-state index is 10.4. The fourth-order valence-corrected chi connectivity index (χ4v) is 0.711. The second-order valence-electron chi connectivity index (χ2n) is 2.45. The summed E-state index contributed by atoms with van der Waals surface area (Å²) in [5.74, 6) is -0.766. The highest BCUT2D eigenvalue weighted by molar-refractivity contribution is 5.66. The third-order valence-corrected chi connectivity index (χ3v) is 1.27. The minimum absolute atomic E-state index is 0.146. The highest BCUT2D eigenvalue weighted by atomic mass is 16.8. The number of rotatable bonds is 3. The lowest BCUT2D eigenvalue weighted by atomic mass is 10.5. The van der Waals surface area contributed by atoms with Crippen LogP contribution < -0.4 is 0 Å². The van der Waals surface area contributed by atoms with Gasteiger partial charge in [0.1, 0.15) is 6.61 Å². The van der Waals surface area contributed by atoms with Crippen LogP contribution in [0.25, 0.3) is 0 Å². The smallest absolute Gasteiger partial charge is 0.305 e. The summed E-state index contributed by atoms with van der Waals surface area (Å²) in [5.41, 5.74) is 0. The Hall–Kier alpha value is -1.10. The monoisotopic (exact) mass is 174 g/mol. The molecule has 0 aromatic rings. The largest absolute Gasteiger partial charge is 0.463 e. The lowest BCUT2D eigenvalue weighted by Crippen LogP contribution is -2.11. The van der Waals surface area contributed by atoms with E-state index in [0.29, 0.717) is 0 Å². The molecule has 0 saturated carbocycles. The molecule has 1 heterocycles. The van der Waals surface area contributed by atoms with E-state index in [1.807, 2.05) is 0 Å². The van der Waals surface area contributed by atoms with Crippen molar-refractivity contribution in [2.24, 2.45) is 0 Å². The fourth-order valence-electron chi connectivity index (χ4n) is 0.711. The summed E-state index contributed by atoms with van der Waals surface area (Å²) in [7, 11) is 0. The van der Waals surface area contributed by atoms with E-state index in [9.17, 15) is 9.59 Å². The van der Waals surface area contributed by atoms with Gasteiger partial charge >= 0.3 is 11.9 Å². The third kappa shape index (κ3) is 2.87. The molecule has 1 saturated heterocycles. The van der Waals surface area contributed by atoms with Crippen LogP contribution in [0, 0.1) is 0 Å². The average Bonchev–Trinajstić information content (AvgIpc) is 2.62. The quantitative estimate of drug-likeness (QED) is 0.439. The summed E-state index contributed by atoms with van der Waals surface area (Å²) >= 11 is 0. The average molecular weight is 174 g/mol. The first-order valence-electron chi connectivity index (χ1n) is 3.55. The van der Waals surface area contributed by atoms with E-state index in [0.717, 1.165) is 0 Å². The zero-order valence-electron chi connectivity index (χ0n) is 6.90. The molecule has 1 aliphatic rings. The molecule has 5 nitrogen and oxygen atoms in total. The number of hydrogen-bond acceptors (Lipinski definition) is 5. The summed E-state index contributed by atoms with van der Waals surface area (Å²) in [6.45, 7) is 2.75. The highest BCUT2D eigenvalue weighted by Crippen LogP contribution is 2.23. The number of ether oxygens (including phenoxy) is 3. The zero-order chi connectivity index (χ0) is 9.14. The molecule has 0 amide bonds. The molecule has 0 aromatic heterocycles. The third-order valence-electron chi connectivity index (χ3n) is 1.27. The topological polar surface area (TPSA) is 65.1 Å². The summed E-state index contributed by atoms with van der Waals surface area (Å²) in [4.78, 5) is 20.7. The molecule has 0 aromatic carbocycles. The summed E-state index contributed by atoms with van der Waals surface area (Å²) < 4.78 is 14.1. The molecule has 0 N–H and O–H groups in total. The molecule has 5 heteroatoms. The Balaban J connectivity index is 2.08. The number of epoxide rings is 1. The first-order chi connectivity index (χ1) is 5.59. The Kier molecular flexibility index (Phi) is 2.65. The minimum Gasteiger partial charge on any atom is -0.463 e. The van der Waals surface area contributed by atoms with E-state index < -0.39 is 12.3 Å². The van der Waals surface area contributed by atoms with Gasteiger partial charge in [0.15, 0.2) is 6.10 Å². The zero-order valence-corrected chi connectivity index (χ0v) is 6.90. The molecular weight excluding hydrogens is 164 g/mol. The van der Waals surface area contributed by atoms with Gasteiger partial charge in [-0.05, 0) is 0 Å². The lowest BCUT2D eigenvalue weighted by molar-refractivity contribution is -0.145. The van der Waals surface area contributed by atoms with Crippen LogP contribution in [0.4, 0.5) is 0 Å². The van der Waals surface area contributed by atoms with Crippen molar-refractivity contribution in [1.29, 1.82) is 0 Å². The van der Waals surface area contributed by atoms with E-state index in [4.69, 9.17) is 4.74 Å². The van der Waals surface area contributed by atoms with Crippen LogP contribution in [0.3, 0.4) is 0 Å². The first-order valence-corrected chi connectivity index (χ1v) is 3.55. The Labute approximate surface area is 69.6 Å². The van der Waals surface area contributed by atoms with Crippen LogP contribution >= 0.6 is 0 Å². The van der Waals surface area contributed by atoms with Crippen LogP contribution in [0.1, 0.15) is 13.8 Å². The van der Waals surface area contributed by atoms with Crippen molar-refractivity contribution in [3.8, 4) is 0 Å². The Morgan fingerprint density at radius 1 is 1.33 bits per heavy atom. The van der Waals surface area contributed by atoms with Gasteiger partial charge in [-0.25, -0.2) is 0 Å². The summed E-state index contributed by atoms with van der Waals surface area (Å²) in [6, 6.07) is 0. The maximum Gasteiger partial charge on any atom is 0.305 e. The minimum atomic E-state index is -0.526. The van der Waals surface area contributed by atoms with Crippen molar-refractivity contribution >= 4 is 11.9 Å². The molecule has 2 unspecified atom stereocenters. The maximum atomic E-state index is 10.4. The van der Waals surface area contributed by atoms with E-state index in [2.05, 4.69) is 9.47 Å². The van der Waals surface area contributed by atoms with Crippen LogP contribution in [0.15, 0.2) is 0 Å². The Morgan fingerprint density at radius 3 is 2.50 bits per heavy atom. The number of carbonyl (C=O) groups excluding carboxylic acids is 2. The van der Waals surface area contributed by atoms with Crippen LogP contribution in [-0.2, 0) is 23.8 Å². The van der Waals surface area contributed by atoms with Gasteiger partial charge in [0.25, 0.3) is 0 Å². The fraction of sp³-hybridized carbons (Fsp3) is 0.714. The first kappa shape index (κ1) is 8.99. The molecule has 12 heavy (non-hydrogen) atoms. The van der Waals surface area contributed by atoms with E-state index in [1.165, 1.54) is 13.8 Å². The Morgan fingerprint density at radius 2 is 2.00 bits per heavy atom. The normalized spacial score (nSPS) is 26.2. The van der Waals surface area contributed by atoms with Crippen molar-refractivity contribution in [1.82, 2.24) is 0 Å². The van der Waals surface area contributed by atoms with Gasteiger partial charge in [0.05, 0.1) is 0 Å². The van der Waals surface area contributed by atoms with Crippen molar-refractivity contribution in [3.05, 3.63) is 0 Å². The number of esters is 2.